The Bertz CT molecular complexity index is 301. The monoisotopic (exact) mass is 284 g/mol. The van der Waals surface area contributed by atoms with E-state index in [1.807, 2.05) is 0 Å². The molecule has 2 atom stereocenters. The second-order valence-electron chi connectivity index (χ2n) is 6.41. The summed E-state index contributed by atoms with van der Waals surface area (Å²) in [6.07, 6.45) is 4.08. The summed E-state index contributed by atoms with van der Waals surface area (Å²) < 4.78 is 5.96. The second kappa shape index (κ2) is 7.99. The molecule has 1 aliphatic rings. The van der Waals surface area contributed by atoms with Gasteiger partial charge in [0.05, 0.1) is 12.1 Å². The van der Waals surface area contributed by atoms with Crippen molar-refractivity contribution < 1.29 is 9.53 Å². The van der Waals surface area contributed by atoms with Crippen LogP contribution in [0.5, 0.6) is 0 Å². The Morgan fingerprint density at radius 2 is 1.95 bits per heavy atom. The summed E-state index contributed by atoms with van der Waals surface area (Å²) in [6.45, 7) is 11.9. The molecule has 0 saturated carbocycles. The lowest BCUT2D eigenvalue weighted by atomic mass is 9.86. The van der Waals surface area contributed by atoms with Crippen LogP contribution in [-0.4, -0.2) is 36.7 Å². The fourth-order valence-corrected chi connectivity index (χ4v) is 2.65. The summed E-state index contributed by atoms with van der Waals surface area (Å²) in [5.41, 5.74) is 0.0115. The highest BCUT2D eigenvalue weighted by Gasteiger charge is 2.34. The zero-order valence-corrected chi connectivity index (χ0v) is 13.8. The minimum Gasteiger partial charge on any atom is -0.375 e. The normalized spacial score (nSPS) is 23.6. The van der Waals surface area contributed by atoms with E-state index >= 15 is 0 Å². The Hall–Kier alpha value is -0.610. The topological polar surface area (TPSA) is 50.4 Å². The molecule has 0 aromatic heterocycles. The molecule has 1 heterocycles. The Morgan fingerprint density at radius 1 is 1.30 bits per heavy atom. The van der Waals surface area contributed by atoms with Gasteiger partial charge in [-0.15, -0.1) is 0 Å². The van der Waals surface area contributed by atoms with Crippen LogP contribution in [0.15, 0.2) is 0 Å². The van der Waals surface area contributed by atoms with Crippen LogP contribution in [0.4, 0.5) is 0 Å². The molecule has 1 saturated heterocycles. The minimum atomic E-state index is 0.0115. The maximum atomic E-state index is 11.9. The highest BCUT2D eigenvalue weighted by atomic mass is 16.5. The molecule has 0 bridgehead atoms. The molecule has 1 rings (SSSR count). The van der Waals surface area contributed by atoms with Crippen molar-refractivity contribution in [3.63, 3.8) is 0 Å². The summed E-state index contributed by atoms with van der Waals surface area (Å²) in [5.74, 6) is 0.561. The zero-order valence-electron chi connectivity index (χ0n) is 13.8. The number of amides is 1. The van der Waals surface area contributed by atoms with Gasteiger partial charge in [0.1, 0.15) is 0 Å². The number of carbonyl (C=O) groups is 1. The highest BCUT2D eigenvalue weighted by Crippen LogP contribution is 2.31. The highest BCUT2D eigenvalue weighted by molar-refractivity contribution is 5.78. The Labute approximate surface area is 124 Å². The van der Waals surface area contributed by atoms with Crippen molar-refractivity contribution in [3.05, 3.63) is 0 Å². The van der Waals surface area contributed by atoms with Gasteiger partial charge in [0.2, 0.25) is 5.91 Å². The fraction of sp³-hybridized carbons (Fsp3) is 0.938. The summed E-state index contributed by atoms with van der Waals surface area (Å²) >= 11 is 0. The van der Waals surface area contributed by atoms with Crippen molar-refractivity contribution >= 4 is 5.91 Å². The zero-order chi connectivity index (χ0) is 15.2. The molecular weight excluding hydrogens is 252 g/mol. The van der Waals surface area contributed by atoms with Crippen molar-refractivity contribution in [1.82, 2.24) is 10.6 Å². The number of rotatable bonds is 7. The predicted molar refractivity (Wildman–Crippen MR) is 82.7 cm³/mol. The number of hydrogen-bond donors (Lipinski definition) is 2. The lowest BCUT2D eigenvalue weighted by Crippen LogP contribution is -2.49. The first-order valence-electron chi connectivity index (χ1n) is 8.09. The van der Waals surface area contributed by atoms with Crippen LogP contribution >= 0.6 is 0 Å². The number of nitrogens with one attached hydrogen (secondary N) is 2. The van der Waals surface area contributed by atoms with Crippen LogP contribution in [0.2, 0.25) is 0 Å². The van der Waals surface area contributed by atoms with Gasteiger partial charge in [0.15, 0.2) is 0 Å². The maximum Gasteiger partial charge on any atom is 0.234 e. The summed E-state index contributed by atoms with van der Waals surface area (Å²) in [5, 5.41) is 6.43. The molecule has 0 aliphatic carbocycles. The van der Waals surface area contributed by atoms with Crippen LogP contribution in [-0.2, 0) is 9.53 Å². The smallest absolute Gasteiger partial charge is 0.234 e. The quantitative estimate of drug-likeness (QED) is 0.755. The van der Waals surface area contributed by atoms with Gasteiger partial charge in [-0.25, -0.2) is 0 Å². The van der Waals surface area contributed by atoms with E-state index in [0.29, 0.717) is 18.5 Å². The van der Waals surface area contributed by atoms with Crippen molar-refractivity contribution in [3.8, 4) is 0 Å². The van der Waals surface area contributed by atoms with Crippen molar-refractivity contribution in [1.29, 1.82) is 0 Å². The van der Waals surface area contributed by atoms with E-state index in [4.69, 9.17) is 4.74 Å². The maximum absolute atomic E-state index is 11.9. The van der Waals surface area contributed by atoms with Gasteiger partial charge in [0.25, 0.3) is 0 Å². The molecule has 0 aromatic rings. The standard InChI is InChI=1S/C16H32N2O2/c1-6-16(7-2)10-14(8-9-20-16)17-11-15(19)18-13(5)12(3)4/h12-14,17H,6-11H2,1-5H3,(H,18,19). The summed E-state index contributed by atoms with van der Waals surface area (Å²) in [7, 11) is 0. The summed E-state index contributed by atoms with van der Waals surface area (Å²) in [6, 6.07) is 0.619. The molecule has 1 amide bonds. The largest absolute Gasteiger partial charge is 0.375 e. The van der Waals surface area contributed by atoms with E-state index in [0.717, 1.165) is 32.3 Å². The second-order valence-corrected chi connectivity index (χ2v) is 6.41. The molecule has 1 aliphatic heterocycles. The van der Waals surface area contributed by atoms with E-state index in [9.17, 15) is 4.79 Å². The van der Waals surface area contributed by atoms with Gasteiger partial charge in [-0.1, -0.05) is 27.7 Å². The Morgan fingerprint density at radius 3 is 2.50 bits per heavy atom. The van der Waals surface area contributed by atoms with Gasteiger partial charge in [-0.05, 0) is 38.5 Å². The first-order chi connectivity index (χ1) is 9.42. The van der Waals surface area contributed by atoms with Crippen LogP contribution in [0.25, 0.3) is 0 Å². The lowest BCUT2D eigenvalue weighted by Gasteiger charge is -2.40. The lowest BCUT2D eigenvalue weighted by molar-refractivity contribution is -0.122. The van der Waals surface area contributed by atoms with Crippen molar-refractivity contribution in [2.75, 3.05) is 13.2 Å². The average Bonchev–Trinajstić information content (AvgIpc) is 2.45. The molecular formula is C16H32N2O2. The molecule has 0 aromatic carbocycles. The van der Waals surface area contributed by atoms with E-state index in [1.54, 1.807) is 0 Å². The number of ether oxygens (including phenoxy) is 1. The van der Waals surface area contributed by atoms with Gasteiger partial charge in [0, 0.05) is 18.7 Å². The van der Waals surface area contributed by atoms with Gasteiger partial charge in [-0.2, -0.15) is 0 Å². The first-order valence-corrected chi connectivity index (χ1v) is 8.09. The number of carbonyl (C=O) groups excluding carboxylic acids is 1. The Kier molecular flexibility index (Phi) is 6.96. The molecule has 4 heteroatoms. The van der Waals surface area contributed by atoms with Crippen LogP contribution in [0.3, 0.4) is 0 Å². The SMILES string of the molecule is CCC1(CC)CC(NCC(=O)NC(C)C(C)C)CCO1. The molecule has 2 unspecified atom stereocenters. The van der Waals surface area contributed by atoms with Crippen LogP contribution < -0.4 is 10.6 Å². The van der Waals surface area contributed by atoms with Crippen LogP contribution in [0.1, 0.15) is 60.3 Å². The minimum absolute atomic E-state index is 0.0115. The third-order valence-electron chi connectivity index (χ3n) is 4.72. The predicted octanol–water partition coefficient (Wildman–Crippen LogP) is 2.47. The van der Waals surface area contributed by atoms with E-state index in [1.165, 1.54) is 0 Å². The molecule has 118 valence electrons. The van der Waals surface area contributed by atoms with E-state index < -0.39 is 0 Å². The molecule has 4 nitrogen and oxygen atoms in total. The van der Waals surface area contributed by atoms with Gasteiger partial charge >= 0.3 is 0 Å². The third kappa shape index (κ3) is 5.06. The van der Waals surface area contributed by atoms with Gasteiger partial charge < -0.3 is 15.4 Å². The fourth-order valence-electron chi connectivity index (χ4n) is 2.65. The Balaban J connectivity index is 2.36. The molecule has 20 heavy (non-hydrogen) atoms. The molecule has 1 fully saturated rings. The van der Waals surface area contributed by atoms with Crippen LogP contribution in [0, 0.1) is 5.92 Å². The van der Waals surface area contributed by atoms with Gasteiger partial charge in [-0.3, -0.25) is 4.79 Å². The molecule has 2 N–H and O–H groups in total. The average molecular weight is 284 g/mol. The molecule has 0 radical (unpaired) electrons. The summed E-state index contributed by atoms with van der Waals surface area (Å²) in [4.78, 5) is 11.9. The number of hydrogen-bond acceptors (Lipinski definition) is 3. The van der Waals surface area contributed by atoms with Crippen molar-refractivity contribution in [2.24, 2.45) is 5.92 Å². The van der Waals surface area contributed by atoms with Crippen molar-refractivity contribution in [2.45, 2.75) is 78.0 Å². The van der Waals surface area contributed by atoms with E-state index in [-0.39, 0.29) is 17.6 Å². The first kappa shape index (κ1) is 17.4. The van der Waals surface area contributed by atoms with E-state index in [2.05, 4.69) is 45.3 Å². The third-order valence-corrected chi connectivity index (χ3v) is 4.72. The molecule has 0 spiro atoms.